The fourth-order valence-corrected chi connectivity index (χ4v) is 5.64. The molecule has 1 heterocycles. The summed E-state index contributed by atoms with van der Waals surface area (Å²) in [4.78, 5) is 40.9. The Morgan fingerprint density at radius 3 is 2.26 bits per heavy atom. The Morgan fingerprint density at radius 2 is 1.66 bits per heavy atom. The number of ether oxygens (including phenoxy) is 1. The normalized spacial score (nSPS) is 20.2. The van der Waals surface area contributed by atoms with Crippen molar-refractivity contribution in [2.45, 2.75) is 91.5 Å². The number of nitrogens with one attached hydrogen (secondary N) is 1. The average Bonchev–Trinajstić information content (AvgIpc) is 3.35. The van der Waals surface area contributed by atoms with E-state index in [2.05, 4.69) is 12.2 Å². The molecule has 2 fully saturated rings. The molecule has 38 heavy (non-hydrogen) atoms. The number of benzene rings is 1. The minimum Gasteiger partial charge on any atom is -0.462 e. The molecule has 0 aliphatic heterocycles. The Balaban J connectivity index is 1.59. The molecular formula is C30H42N4O4. The van der Waals surface area contributed by atoms with Gasteiger partial charge in [0.1, 0.15) is 5.56 Å². The Labute approximate surface area is 226 Å². The van der Waals surface area contributed by atoms with Gasteiger partial charge < -0.3 is 10.1 Å². The van der Waals surface area contributed by atoms with E-state index < -0.39 is 5.97 Å². The molecule has 8 nitrogen and oxygen atoms in total. The van der Waals surface area contributed by atoms with Gasteiger partial charge in [0.15, 0.2) is 5.82 Å². The number of nitrogens with zero attached hydrogens (tertiary/aromatic N) is 3. The third kappa shape index (κ3) is 6.45. The lowest BCUT2D eigenvalue weighted by Crippen LogP contribution is -2.43. The number of hydrogen-bond acceptors (Lipinski definition) is 5. The van der Waals surface area contributed by atoms with E-state index in [1.807, 2.05) is 38.1 Å². The maximum Gasteiger partial charge on any atom is 0.343 e. The number of amides is 2. The summed E-state index contributed by atoms with van der Waals surface area (Å²) in [5.41, 5.74) is 1.72. The maximum atomic E-state index is 13.7. The van der Waals surface area contributed by atoms with Crippen LogP contribution in [0.5, 0.6) is 0 Å². The van der Waals surface area contributed by atoms with E-state index in [9.17, 15) is 14.4 Å². The van der Waals surface area contributed by atoms with Gasteiger partial charge in [-0.2, -0.15) is 0 Å². The number of carbonyl (C=O) groups is 3. The zero-order valence-electron chi connectivity index (χ0n) is 23.2. The Bertz CT molecular complexity index is 1110. The summed E-state index contributed by atoms with van der Waals surface area (Å²) in [6.45, 7) is 8.11. The second kappa shape index (κ2) is 12.6. The number of anilines is 2. The summed E-state index contributed by atoms with van der Waals surface area (Å²) >= 11 is 0. The molecule has 8 heteroatoms. The van der Waals surface area contributed by atoms with Crippen LogP contribution in [0.2, 0.25) is 0 Å². The van der Waals surface area contributed by atoms with Crippen LogP contribution in [0.4, 0.5) is 11.5 Å². The van der Waals surface area contributed by atoms with Gasteiger partial charge in [-0.15, -0.1) is 5.10 Å². The Kier molecular flexibility index (Phi) is 9.23. The van der Waals surface area contributed by atoms with Crippen molar-refractivity contribution < 1.29 is 19.1 Å². The Morgan fingerprint density at radius 1 is 1.00 bits per heavy atom. The van der Waals surface area contributed by atoms with Crippen molar-refractivity contribution in [3.8, 4) is 5.69 Å². The summed E-state index contributed by atoms with van der Waals surface area (Å²) in [6.07, 6.45) is 10.7. The third-order valence-corrected chi connectivity index (χ3v) is 7.91. The van der Waals surface area contributed by atoms with E-state index in [0.29, 0.717) is 11.7 Å². The zero-order chi connectivity index (χ0) is 27.2. The molecule has 2 saturated carbocycles. The van der Waals surface area contributed by atoms with Crippen molar-refractivity contribution in [2.75, 3.05) is 16.8 Å². The second-order valence-electron chi connectivity index (χ2n) is 11.2. The summed E-state index contributed by atoms with van der Waals surface area (Å²) in [7, 11) is 0. The summed E-state index contributed by atoms with van der Waals surface area (Å²) in [5.74, 6) is 0.570. The standard InChI is InChI=1S/C30H42N4O4/c1-5-38-30(37)26-19-33(25-17-15-24(16-18-25)31-28(35)22-9-7-6-8-10-22)32-27(26)34(20(2)3)29(36)23-13-11-21(4)12-14-23/h15-23H,5-14H2,1-4H3,(H,31,35). The Hall–Kier alpha value is -3.16. The molecule has 0 spiro atoms. The van der Waals surface area contributed by atoms with E-state index in [-0.39, 0.29) is 41.9 Å². The second-order valence-corrected chi connectivity index (χ2v) is 11.2. The van der Waals surface area contributed by atoms with Crippen molar-refractivity contribution in [1.29, 1.82) is 0 Å². The van der Waals surface area contributed by atoms with E-state index in [0.717, 1.165) is 62.7 Å². The van der Waals surface area contributed by atoms with Crippen LogP contribution >= 0.6 is 0 Å². The molecule has 1 N–H and O–H groups in total. The van der Waals surface area contributed by atoms with Crippen LogP contribution in [0.25, 0.3) is 5.69 Å². The molecule has 2 aliphatic carbocycles. The summed E-state index contributed by atoms with van der Waals surface area (Å²) in [6, 6.07) is 7.22. The van der Waals surface area contributed by atoms with Gasteiger partial charge in [0, 0.05) is 29.8 Å². The van der Waals surface area contributed by atoms with E-state index in [1.54, 1.807) is 22.7 Å². The zero-order valence-corrected chi connectivity index (χ0v) is 23.2. The highest BCUT2D eigenvalue weighted by atomic mass is 16.5. The number of rotatable bonds is 8. The number of carbonyl (C=O) groups excluding carboxylic acids is 3. The molecule has 4 rings (SSSR count). The topological polar surface area (TPSA) is 93.5 Å². The predicted molar refractivity (Wildman–Crippen MR) is 148 cm³/mol. The lowest BCUT2D eigenvalue weighted by atomic mass is 9.82. The molecule has 1 aromatic heterocycles. The van der Waals surface area contributed by atoms with E-state index in [1.165, 1.54) is 6.42 Å². The first-order valence-corrected chi connectivity index (χ1v) is 14.3. The lowest BCUT2D eigenvalue weighted by Gasteiger charge is -2.32. The lowest BCUT2D eigenvalue weighted by molar-refractivity contribution is -0.124. The molecule has 2 aromatic rings. The van der Waals surface area contributed by atoms with Crippen LogP contribution in [0.3, 0.4) is 0 Å². The molecule has 2 amide bonds. The molecule has 0 radical (unpaired) electrons. The highest BCUT2D eigenvalue weighted by molar-refractivity contribution is 6.02. The van der Waals surface area contributed by atoms with Gasteiger partial charge in [-0.1, -0.05) is 26.2 Å². The fourth-order valence-electron chi connectivity index (χ4n) is 5.64. The number of aromatic nitrogens is 2. The number of esters is 1. The van der Waals surface area contributed by atoms with Gasteiger partial charge in [0.05, 0.1) is 12.3 Å². The highest BCUT2D eigenvalue weighted by Crippen LogP contribution is 2.33. The van der Waals surface area contributed by atoms with Gasteiger partial charge in [-0.3, -0.25) is 14.5 Å². The van der Waals surface area contributed by atoms with Crippen LogP contribution < -0.4 is 10.2 Å². The molecule has 1 aromatic carbocycles. The largest absolute Gasteiger partial charge is 0.462 e. The van der Waals surface area contributed by atoms with Crippen LogP contribution in [-0.2, 0) is 14.3 Å². The predicted octanol–water partition coefficient (Wildman–Crippen LogP) is 6.14. The van der Waals surface area contributed by atoms with Gasteiger partial charge in [-0.25, -0.2) is 9.48 Å². The van der Waals surface area contributed by atoms with Gasteiger partial charge in [0.25, 0.3) is 0 Å². The van der Waals surface area contributed by atoms with Crippen LogP contribution in [0.1, 0.15) is 95.8 Å². The molecule has 0 saturated heterocycles. The monoisotopic (exact) mass is 522 g/mol. The van der Waals surface area contributed by atoms with Crippen LogP contribution in [0, 0.1) is 17.8 Å². The molecule has 206 valence electrons. The summed E-state index contributed by atoms with van der Waals surface area (Å²) < 4.78 is 6.94. The smallest absolute Gasteiger partial charge is 0.343 e. The van der Waals surface area contributed by atoms with Gasteiger partial charge in [-0.05, 0) is 89.5 Å². The van der Waals surface area contributed by atoms with E-state index in [4.69, 9.17) is 9.84 Å². The molecule has 0 atom stereocenters. The van der Waals surface area contributed by atoms with Crippen molar-refractivity contribution in [2.24, 2.45) is 17.8 Å². The maximum absolute atomic E-state index is 13.7. The quantitative estimate of drug-likeness (QED) is 0.421. The SMILES string of the molecule is CCOC(=O)c1cn(-c2ccc(NC(=O)C3CCCCC3)cc2)nc1N(C(=O)C1CCC(C)CC1)C(C)C. The van der Waals surface area contributed by atoms with Crippen molar-refractivity contribution >= 4 is 29.3 Å². The minimum atomic E-state index is -0.499. The van der Waals surface area contributed by atoms with Crippen molar-refractivity contribution in [3.63, 3.8) is 0 Å². The van der Waals surface area contributed by atoms with Gasteiger partial charge >= 0.3 is 5.97 Å². The first kappa shape index (κ1) is 27.9. The van der Waals surface area contributed by atoms with E-state index >= 15 is 0 Å². The third-order valence-electron chi connectivity index (χ3n) is 7.91. The molecule has 0 unspecified atom stereocenters. The van der Waals surface area contributed by atoms with Crippen LogP contribution in [-0.4, -0.2) is 40.2 Å². The average molecular weight is 523 g/mol. The molecule has 2 aliphatic rings. The molecular weight excluding hydrogens is 480 g/mol. The van der Waals surface area contributed by atoms with Crippen molar-refractivity contribution in [3.05, 3.63) is 36.0 Å². The number of hydrogen-bond donors (Lipinski definition) is 1. The first-order valence-electron chi connectivity index (χ1n) is 14.3. The van der Waals surface area contributed by atoms with Crippen molar-refractivity contribution in [1.82, 2.24) is 9.78 Å². The fraction of sp³-hybridized carbons (Fsp3) is 0.600. The molecule has 0 bridgehead atoms. The minimum absolute atomic E-state index is 0.0171. The highest BCUT2D eigenvalue weighted by Gasteiger charge is 2.34. The van der Waals surface area contributed by atoms with Crippen LogP contribution in [0.15, 0.2) is 30.5 Å². The summed E-state index contributed by atoms with van der Waals surface area (Å²) in [5, 5.41) is 7.77. The first-order chi connectivity index (χ1) is 18.3. The van der Waals surface area contributed by atoms with Gasteiger partial charge in [0.2, 0.25) is 11.8 Å².